The van der Waals surface area contributed by atoms with Crippen LogP contribution < -0.4 is 4.90 Å². The first-order chi connectivity index (χ1) is 18.5. The molecule has 1 fully saturated rings. The van der Waals surface area contributed by atoms with Crippen LogP contribution in [-0.4, -0.2) is 23.9 Å². The van der Waals surface area contributed by atoms with Gasteiger partial charge in [-0.2, -0.15) is 4.58 Å². The predicted octanol–water partition coefficient (Wildman–Crippen LogP) is 8.79. The third kappa shape index (κ3) is 3.10. The Kier molecular flexibility index (Phi) is 5.20. The molecule has 2 heteroatoms. The van der Waals surface area contributed by atoms with Gasteiger partial charge in [-0.15, -0.1) is 0 Å². The van der Waals surface area contributed by atoms with E-state index in [0.717, 1.165) is 13.0 Å². The van der Waals surface area contributed by atoms with E-state index in [0.29, 0.717) is 0 Å². The Morgan fingerprint density at radius 1 is 0.842 bits per heavy atom. The summed E-state index contributed by atoms with van der Waals surface area (Å²) < 4.78 is 2.57. The molecule has 7 rings (SSSR count). The molecule has 0 saturated heterocycles. The van der Waals surface area contributed by atoms with E-state index in [1.54, 1.807) is 5.56 Å². The van der Waals surface area contributed by atoms with Crippen molar-refractivity contribution in [2.75, 3.05) is 18.5 Å². The SMILES string of the molecule is CCC[N+]1=C(C=CC=C2N(C)c3ccc4ccccc4c3C23CCC3)C(C)(C)c2c1ccc1ccccc21. The van der Waals surface area contributed by atoms with Crippen molar-refractivity contribution in [3.05, 3.63) is 108 Å². The third-order valence-corrected chi connectivity index (χ3v) is 9.52. The molecule has 2 aliphatic heterocycles. The fraction of sp³-hybridized carbons (Fsp3) is 0.306. The van der Waals surface area contributed by atoms with Crippen LogP contribution in [0.15, 0.2) is 96.7 Å². The summed E-state index contributed by atoms with van der Waals surface area (Å²) in [5, 5.41) is 5.48. The van der Waals surface area contributed by atoms with Crippen LogP contribution >= 0.6 is 0 Å². The number of allylic oxidation sites excluding steroid dienone is 4. The zero-order valence-corrected chi connectivity index (χ0v) is 23.1. The fourth-order valence-corrected chi connectivity index (χ4v) is 7.66. The molecule has 0 atom stereocenters. The van der Waals surface area contributed by atoms with Gasteiger partial charge in [0.1, 0.15) is 6.54 Å². The number of likely N-dealkylation sites (N-methyl/N-ethyl adjacent to an activating group) is 1. The average Bonchev–Trinajstić information content (AvgIpc) is 3.30. The summed E-state index contributed by atoms with van der Waals surface area (Å²) in [5.74, 6) is 0. The fourth-order valence-electron chi connectivity index (χ4n) is 7.66. The van der Waals surface area contributed by atoms with Crippen molar-refractivity contribution in [3.63, 3.8) is 0 Å². The maximum Gasteiger partial charge on any atom is 0.210 e. The Balaban J connectivity index is 1.33. The lowest BCUT2D eigenvalue weighted by Crippen LogP contribution is -2.36. The number of benzene rings is 4. The van der Waals surface area contributed by atoms with Crippen LogP contribution in [0.1, 0.15) is 57.6 Å². The molecule has 1 saturated carbocycles. The van der Waals surface area contributed by atoms with E-state index < -0.39 is 0 Å². The molecule has 2 heterocycles. The molecule has 4 aromatic carbocycles. The highest BCUT2D eigenvalue weighted by Gasteiger charge is 2.51. The molecule has 0 bridgehead atoms. The van der Waals surface area contributed by atoms with Crippen LogP contribution in [0.2, 0.25) is 0 Å². The van der Waals surface area contributed by atoms with Crippen molar-refractivity contribution in [2.24, 2.45) is 0 Å². The highest BCUT2D eigenvalue weighted by molar-refractivity contribution is 6.07. The number of rotatable bonds is 4. The molecule has 0 amide bonds. The lowest BCUT2D eigenvalue weighted by Gasteiger charge is -2.41. The third-order valence-electron chi connectivity index (χ3n) is 9.52. The highest BCUT2D eigenvalue weighted by Crippen LogP contribution is 2.59. The zero-order chi connectivity index (χ0) is 26.1. The molecule has 1 spiro atoms. The molecule has 0 aromatic heterocycles. The van der Waals surface area contributed by atoms with Crippen molar-refractivity contribution in [2.45, 2.75) is 57.3 Å². The minimum atomic E-state index is -0.0602. The predicted molar refractivity (Wildman–Crippen MR) is 162 cm³/mol. The van der Waals surface area contributed by atoms with Crippen LogP contribution in [0.4, 0.5) is 11.4 Å². The molecule has 0 N–H and O–H groups in total. The van der Waals surface area contributed by atoms with Gasteiger partial charge in [-0.3, -0.25) is 0 Å². The summed E-state index contributed by atoms with van der Waals surface area (Å²) in [6.45, 7) is 8.12. The molecule has 3 aliphatic rings. The van der Waals surface area contributed by atoms with E-state index in [2.05, 4.69) is 128 Å². The molecule has 4 aromatic rings. The Morgan fingerprint density at radius 3 is 2.16 bits per heavy atom. The first kappa shape index (κ1) is 23.5. The average molecular weight is 498 g/mol. The van der Waals surface area contributed by atoms with Crippen molar-refractivity contribution >= 4 is 38.6 Å². The molecule has 1 aliphatic carbocycles. The summed E-state index contributed by atoms with van der Waals surface area (Å²) in [5.41, 5.74) is 8.69. The van der Waals surface area contributed by atoms with Gasteiger partial charge in [-0.1, -0.05) is 74.0 Å². The van der Waals surface area contributed by atoms with E-state index in [1.807, 2.05) is 0 Å². The molecule has 190 valence electrons. The quantitative estimate of drug-likeness (QED) is 0.255. The first-order valence-corrected chi connectivity index (χ1v) is 14.3. The van der Waals surface area contributed by atoms with Crippen molar-refractivity contribution < 1.29 is 4.58 Å². The summed E-state index contributed by atoms with van der Waals surface area (Å²) in [7, 11) is 2.26. The van der Waals surface area contributed by atoms with Crippen LogP contribution in [0, 0.1) is 0 Å². The standard InChI is InChI=1S/C36H37N2/c1-5-24-38-30-21-19-25-12-6-8-14-27(25)33(30)35(2,3)31(38)16-10-17-32-36(22-11-23-36)34-28-15-9-7-13-26(28)18-20-29(34)37(32)4/h6-10,12-21H,5,11,22-24H2,1-4H3/q+1. The van der Waals surface area contributed by atoms with Gasteiger partial charge in [-0.05, 0) is 72.0 Å². The smallest absolute Gasteiger partial charge is 0.210 e. The molecular weight excluding hydrogens is 460 g/mol. The van der Waals surface area contributed by atoms with E-state index >= 15 is 0 Å². The lowest BCUT2D eigenvalue weighted by atomic mass is 9.63. The second-order valence-corrected chi connectivity index (χ2v) is 11.9. The van der Waals surface area contributed by atoms with Gasteiger partial charge in [0.05, 0.1) is 5.41 Å². The summed E-state index contributed by atoms with van der Waals surface area (Å²) in [6.07, 6.45) is 12.1. The van der Waals surface area contributed by atoms with Gasteiger partial charge in [0.2, 0.25) is 5.69 Å². The van der Waals surface area contributed by atoms with Crippen molar-refractivity contribution in [1.29, 1.82) is 0 Å². The lowest BCUT2D eigenvalue weighted by molar-refractivity contribution is -0.437. The van der Waals surface area contributed by atoms with E-state index in [-0.39, 0.29) is 10.8 Å². The Morgan fingerprint density at radius 2 is 1.50 bits per heavy atom. The zero-order valence-electron chi connectivity index (χ0n) is 23.1. The van der Waals surface area contributed by atoms with Crippen LogP contribution in [0.3, 0.4) is 0 Å². The van der Waals surface area contributed by atoms with Crippen LogP contribution in [-0.2, 0) is 10.8 Å². The topological polar surface area (TPSA) is 6.25 Å². The number of fused-ring (bicyclic) bond motifs is 7. The minimum absolute atomic E-state index is 0.0602. The molecular formula is C36H37N2+. The number of hydrogen-bond donors (Lipinski definition) is 0. The van der Waals surface area contributed by atoms with Gasteiger partial charge in [0, 0.05) is 48.0 Å². The number of anilines is 1. The van der Waals surface area contributed by atoms with E-state index in [4.69, 9.17) is 0 Å². The number of nitrogens with zero attached hydrogens (tertiary/aromatic N) is 2. The summed E-state index contributed by atoms with van der Waals surface area (Å²) in [6, 6.07) is 27.0. The summed E-state index contributed by atoms with van der Waals surface area (Å²) in [4.78, 5) is 2.46. The maximum atomic E-state index is 2.57. The second kappa shape index (κ2) is 8.43. The largest absolute Gasteiger partial charge is 0.347 e. The second-order valence-electron chi connectivity index (χ2n) is 11.9. The van der Waals surface area contributed by atoms with Crippen LogP contribution in [0.25, 0.3) is 21.5 Å². The minimum Gasteiger partial charge on any atom is -0.347 e. The Labute approximate surface area is 226 Å². The van der Waals surface area contributed by atoms with Gasteiger partial charge >= 0.3 is 0 Å². The van der Waals surface area contributed by atoms with Gasteiger partial charge in [0.15, 0.2) is 5.71 Å². The molecule has 0 unspecified atom stereocenters. The van der Waals surface area contributed by atoms with E-state index in [1.165, 1.54) is 69.2 Å². The van der Waals surface area contributed by atoms with Gasteiger partial charge in [-0.25, -0.2) is 0 Å². The first-order valence-electron chi connectivity index (χ1n) is 14.3. The van der Waals surface area contributed by atoms with E-state index in [9.17, 15) is 0 Å². The van der Waals surface area contributed by atoms with Crippen molar-refractivity contribution in [3.8, 4) is 0 Å². The molecule has 38 heavy (non-hydrogen) atoms. The highest BCUT2D eigenvalue weighted by atomic mass is 15.2. The Hall–Kier alpha value is -3.65. The monoisotopic (exact) mass is 497 g/mol. The maximum absolute atomic E-state index is 2.57. The molecule has 0 radical (unpaired) electrons. The normalized spacial score (nSPS) is 20.2. The van der Waals surface area contributed by atoms with Crippen LogP contribution in [0.5, 0.6) is 0 Å². The van der Waals surface area contributed by atoms with Gasteiger partial charge in [0.25, 0.3) is 0 Å². The molecule has 2 nitrogen and oxygen atoms in total. The number of hydrogen-bond acceptors (Lipinski definition) is 1. The Bertz CT molecular complexity index is 1690. The van der Waals surface area contributed by atoms with Gasteiger partial charge < -0.3 is 4.90 Å². The van der Waals surface area contributed by atoms with Crippen molar-refractivity contribution in [1.82, 2.24) is 0 Å². The summed E-state index contributed by atoms with van der Waals surface area (Å²) >= 11 is 0.